The number of amides is 1. The van der Waals surface area contributed by atoms with Gasteiger partial charge in [-0.3, -0.25) is 4.79 Å². The zero-order valence-corrected chi connectivity index (χ0v) is 17.6. The lowest BCUT2D eigenvalue weighted by Gasteiger charge is -2.17. The van der Waals surface area contributed by atoms with Crippen LogP contribution < -0.4 is 10.1 Å². The molecule has 0 aliphatic carbocycles. The third-order valence-electron chi connectivity index (χ3n) is 4.84. The van der Waals surface area contributed by atoms with Gasteiger partial charge in [0.05, 0.1) is 0 Å². The fraction of sp³-hybridized carbons (Fsp3) is 0.160. The molecule has 3 aromatic carbocycles. The van der Waals surface area contributed by atoms with Crippen molar-refractivity contribution in [3.05, 3.63) is 83.9 Å². The maximum absolute atomic E-state index is 12.7. The van der Waals surface area contributed by atoms with Gasteiger partial charge in [-0.1, -0.05) is 36.4 Å². The molecule has 6 heteroatoms. The van der Waals surface area contributed by atoms with Crippen LogP contribution >= 0.6 is 0 Å². The van der Waals surface area contributed by atoms with E-state index in [2.05, 4.69) is 15.5 Å². The van der Waals surface area contributed by atoms with Crippen molar-refractivity contribution >= 4 is 11.6 Å². The van der Waals surface area contributed by atoms with E-state index in [0.717, 1.165) is 22.3 Å². The van der Waals surface area contributed by atoms with Gasteiger partial charge in [-0.2, -0.15) is 0 Å². The molecule has 31 heavy (non-hydrogen) atoms. The summed E-state index contributed by atoms with van der Waals surface area (Å²) >= 11 is 0. The van der Waals surface area contributed by atoms with E-state index in [0.29, 0.717) is 23.2 Å². The minimum atomic E-state index is -0.655. The molecular weight excluding hydrogens is 390 g/mol. The average molecular weight is 413 g/mol. The Morgan fingerprint density at radius 2 is 1.61 bits per heavy atom. The number of nitrogens with one attached hydrogen (secondary N) is 1. The van der Waals surface area contributed by atoms with E-state index >= 15 is 0 Å². The van der Waals surface area contributed by atoms with Crippen molar-refractivity contribution in [3.63, 3.8) is 0 Å². The molecule has 0 aliphatic rings. The van der Waals surface area contributed by atoms with E-state index < -0.39 is 6.10 Å². The molecule has 0 aliphatic heterocycles. The molecule has 0 saturated carbocycles. The number of benzene rings is 3. The summed E-state index contributed by atoms with van der Waals surface area (Å²) in [5.41, 5.74) is 4.25. The van der Waals surface area contributed by atoms with Gasteiger partial charge >= 0.3 is 0 Å². The minimum absolute atomic E-state index is 0.242. The molecule has 1 N–H and O–H groups in total. The Morgan fingerprint density at radius 1 is 0.903 bits per heavy atom. The Kier molecular flexibility index (Phi) is 5.80. The molecular formula is C25H23N3O3. The molecule has 0 bridgehead atoms. The number of anilines is 1. The molecule has 1 atom stereocenters. The lowest BCUT2D eigenvalue weighted by atomic mass is 10.1. The molecule has 1 amide bonds. The van der Waals surface area contributed by atoms with Crippen molar-refractivity contribution in [1.82, 2.24) is 10.2 Å². The van der Waals surface area contributed by atoms with Crippen LogP contribution in [-0.2, 0) is 4.79 Å². The summed E-state index contributed by atoms with van der Waals surface area (Å²) in [5, 5.41) is 11.1. The van der Waals surface area contributed by atoms with Crippen LogP contribution in [0, 0.1) is 13.8 Å². The predicted molar refractivity (Wildman–Crippen MR) is 120 cm³/mol. The number of nitrogens with zero attached hydrogens (tertiary/aromatic N) is 2. The Balaban J connectivity index is 1.47. The van der Waals surface area contributed by atoms with Gasteiger partial charge in [-0.15, -0.1) is 10.2 Å². The number of hydrogen-bond acceptors (Lipinski definition) is 5. The second-order valence-corrected chi connectivity index (χ2v) is 7.38. The minimum Gasteiger partial charge on any atom is -0.481 e. The van der Waals surface area contributed by atoms with Crippen LogP contribution in [0.3, 0.4) is 0 Å². The van der Waals surface area contributed by atoms with Crippen molar-refractivity contribution in [2.45, 2.75) is 26.9 Å². The number of aromatic nitrogens is 2. The molecule has 1 aromatic heterocycles. The SMILES string of the molecule is Cc1ccc(C)c(OC(C)C(=O)Nc2cccc(-c3nnc(-c4ccccc4)o3)c2)c1. The van der Waals surface area contributed by atoms with E-state index in [1.807, 2.05) is 74.5 Å². The molecule has 0 saturated heterocycles. The monoisotopic (exact) mass is 413 g/mol. The molecule has 0 radical (unpaired) electrons. The summed E-state index contributed by atoms with van der Waals surface area (Å²) < 4.78 is 11.7. The summed E-state index contributed by atoms with van der Waals surface area (Å²) in [6.07, 6.45) is -0.655. The van der Waals surface area contributed by atoms with Gasteiger partial charge in [0.25, 0.3) is 5.91 Å². The maximum Gasteiger partial charge on any atom is 0.265 e. The van der Waals surface area contributed by atoms with E-state index in [1.165, 1.54) is 0 Å². The highest BCUT2D eigenvalue weighted by atomic mass is 16.5. The Morgan fingerprint density at radius 3 is 2.39 bits per heavy atom. The van der Waals surface area contributed by atoms with Crippen LogP contribution in [0.2, 0.25) is 0 Å². The number of hydrogen-bond donors (Lipinski definition) is 1. The zero-order valence-electron chi connectivity index (χ0n) is 17.6. The Hall–Kier alpha value is -3.93. The van der Waals surface area contributed by atoms with Gasteiger partial charge in [0.1, 0.15) is 5.75 Å². The quantitative estimate of drug-likeness (QED) is 0.456. The van der Waals surface area contributed by atoms with Gasteiger partial charge < -0.3 is 14.5 Å². The number of carbonyl (C=O) groups is 1. The lowest BCUT2D eigenvalue weighted by Crippen LogP contribution is -2.30. The molecule has 1 unspecified atom stereocenters. The van der Waals surface area contributed by atoms with Crippen LogP contribution in [0.5, 0.6) is 5.75 Å². The molecule has 1 heterocycles. The molecule has 156 valence electrons. The second kappa shape index (κ2) is 8.83. The van der Waals surface area contributed by atoms with E-state index in [4.69, 9.17) is 9.15 Å². The maximum atomic E-state index is 12.7. The molecule has 4 aromatic rings. The summed E-state index contributed by atoms with van der Waals surface area (Å²) in [7, 11) is 0. The standard InChI is InChI=1S/C25H23N3O3/c1-16-12-13-17(2)22(14-16)30-18(3)23(29)26-21-11-7-10-20(15-21)25-28-27-24(31-25)19-8-5-4-6-9-19/h4-15,18H,1-3H3,(H,26,29). The largest absolute Gasteiger partial charge is 0.481 e. The fourth-order valence-electron chi connectivity index (χ4n) is 3.09. The van der Waals surface area contributed by atoms with E-state index in [1.54, 1.807) is 19.1 Å². The van der Waals surface area contributed by atoms with Gasteiger partial charge in [0.2, 0.25) is 11.8 Å². The van der Waals surface area contributed by atoms with Crippen molar-refractivity contribution in [2.24, 2.45) is 0 Å². The first-order valence-electron chi connectivity index (χ1n) is 10.0. The van der Waals surface area contributed by atoms with Crippen molar-refractivity contribution < 1.29 is 13.9 Å². The van der Waals surface area contributed by atoms with Crippen LogP contribution in [0.1, 0.15) is 18.1 Å². The van der Waals surface area contributed by atoms with Crippen molar-refractivity contribution in [1.29, 1.82) is 0 Å². The van der Waals surface area contributed by atoms with Gasteiger partial charge in [-0.05, 0) is 68.3 Å². The number of rotatable bonds is 6. The smallest absolute Gasteiger partial charge is 0.265 e. The van der Waals surface area contributed by atoms with Gasteiger partial charge in [0, 0.05) is 16.8 Å². The predicted octanol–water partition coefficient (Wildman–Crippen LogP) is 5.43. The number of carbonyl (C=O) groups excluding carboxylic acids is 1. The fourth-order valence-corrected chi connectivity index (χ4v) is 3.09. The first-order valence-corrected chi connectivity index (χ1v) is 10.0. The lowest BCUT2D eigenvalue weighted by molar-refractivity contribution is -0.122. The highest BCUT2D eigenvalue weighted by molar-refractivity contribution is 5.94. The van der Waals surface area contributed by atoms with Crippen LogP contribution in [-0.4, -0.2) is 22.2 Å². The molecule has 0 fully saturated rings. The normalized spacial score (nSPS) is 11.7. The number of aryl methyl sites for hydroxylation is 2. The summed E-state index contributed by atoms with van der Waals surface area (Å²) in [6, 6.07) is 22.8. The molecule has 0 spiro atoms. The molecule has 6 nitrogen and oxygen atoms in total. The zero-order chi connectivity index (χ0) is 21.8. The van der Waals surface area contributed by atoms with Crippen LogP contribution in [0.25, 0.3) is 22.9 Å². The number of ether oxygens (including phenoxy) is 1. The van der Waals surface area contributed by atoms with E-state index in [9.17, 15) is 4.79 Å². The average Bonchev–Trinajstić information content (AvgIpc) is 3.27. The van der Waals surface area contributed by atoms with Crippen molar-refractivity contribution in [2.75, 3.05) is 5.32 Å². The first kappa shape index (κ1) is 20.3. The Bertz CT molecular complexity index is 1200. The third kappa shape index (κ3) is 4.80. The van der Waals surface area contributed by atoms with Gasteiger partial charge in [0.15, 0.2) is 6.10 Å². The second-order valence-electron chi connectivity index (χ2n) is 7.38. The molecule has 4 rings (SSSR count). The highest BCUT2D eigenvalue weighted by Crippen LogP contribution is 2.26. The summed E-state index contributed by atoms with van der Waals surface area (Å²) in [6.45, 7) is 5.67. The third-order valence-corrected chi connectivity index (χ3v) is 4.84. The van der Waals surface area contributed by atoms with E-state index in [-0.39, 0.29) is 5.91 Å². The summed E-state index contributed by atoms with van der Waals surface area (Å²) in [5.74, 6) is 1.29. The topological polar surface area (TPSA) is 77.2 Å². The van der Waals surface area contributed by atoms with Crippen LogP contribution in [0.15, 0.2) is 77.2 Å². The first-order chi connectivity index (χ1) is 15.0. The van der Waals surface area contributed by atoms with Gasteiger partial charge in [-0.25, -0.2) is 0 Å². The Labute approximate surface area is 180 Å². The summed E-state index contributed by atoms with van der Waals surface area (Å²) in [4.78, 5) is 12.7. The highest BCUT2D eigenvalue weighted by Gasteiger charge is 2.17. The van der Waals surface area contributed by atoms with Crippen LogP contribution in [0.4, 0.5) is 5.69 Å². The van der Waals surface area contributed by atoms with Crippen molar-refractivity contribution in [3.8, 4) is 28.7 Å².